The standard InChI is InChI=1S/C37H50ClN3O6S/c1-24-5-3-15-37(44,22-40-16-13-30(42)20-40)32-10-7-28(32)19-41-21-36(14-4-6-26-17-29(38)9-11-31(26)36)23-47-34-12-8-27(18-33(34)41)35(43)39-48(45,46)25(24)2/h8-9,11-12,17-18,24-25,28,30,32,42,44H,3-7,10,13-16,19-23H2,1-2H3,(H,39,43)/t24-,25+,28-,30+,32+,36-,37+/m0/s1. The van der Waals surface area contributed by atoms with Crippen LogP contribution < -0.4 is 14.4 Å². The van der Waals surface area contributed by atoms with E-state index in [2.05, 4.69) is 26.7 Å². The highest BCUT2D eigenvalue weighted by Crippen LogP contribution is 2.49. The normalized spacial score (nSPS) is 35.5. The summed E-state index contributed by atoms with van der Waals surface area (Å²) in [4.78, 5) is 18.1. The number of carbonyl (C=O) groups is 1. The number of aryl methyl sites for hydroxylation is 1. The highest BCUT2D eigenvalue weighted by atomic mass is 35.5. The van der Waals surface area contributed by atoms with Crippen LogP contribution in [-0.4, -0.2) is 85.7 Å². The molecular weight excluding hydrogens is 650 g/mol. The van der Waals surface area contributed by atoms with Crippen molar-refractivity contribution < 1.29 is 28.2 Å². The summed E-state index contributed by atoms with van der Waals surface area (Å²) in [5, 5.41) is 22.8. The number of hydrogen-bond donors (Lipinski definition) is 3. The summed E-state index contributed by atoms with van der Waals surface area (Å²) in [6.45, 7) is 7.24. The Balaban J connectivity index is 1.29. The van der Waals surface area contributed by atoms with Crippen LogP contribution >= 0.6 is 11.6 Å². The highest BCUT2D eigenvalue weighted by Gasteiger charge is 2.50. The van der Waals surface area contributed by atoms with E-state index >= 15 is 0 Å². The van der Waals surface area contributed by atoms with Crippen LogP contribution in [0.15, 0.2) is 36.4 Å². The highest BCUT2D eigenvalue weighted by molar-refractivity contribution is 7.90. The Morgan fingerprint density at radius 3 is 2.62 bits per heavy atom. The van der Waals surface area contributed by atoms with Gasteiger partial charge in [-0.25, -0.2) is 13.1 Å². The summed E-state index contributed by atoms with van der Waals surface area (Å²) in [7, 11) is -3.95. The van der Waals surface area contributed by atoms with Gasteiger partial charge in [-0.15, -0.1) is 0 Å². The number of benzene rings is 2. The van der Waals surface area contributed by atoms with E-state index in [9.17, 15) is 23.4 Å². The number of hydrogen-bond acceptors (Lipinski definition) is 8. The van der Waals surface area contributed by atoms with Gasteiger partial charge in [-0.3, -0.25) is 9.69 Å². The molecule has 2 bridgehead atoms. The second kappa shape index (κ2) is 13.1. The molecule has 1 amide bonds. The molecule has 11 heteroatoms. The lowest BCUT2D eigenvalue weighted by molar-refractivity contribution is -0.104. The first kappa shape index (κ1) is 34.1. The van der Waals surface area contributed by atoms with Crippen LogP contribution in [0.2, 0.25) is 5.02 Å². The van der Waals surface area contributed by atoms with Crippen molar-refractivity contribution in [1.29, 1.82) is 0 Å². The van der Waals surface area contributed by atoms with Crippen molar-refractivity contribution in [3.8, 4) is 5.75 Å². The molecule has 3 aliphatic heterocycles. The quantitative estimate of drug-likeness (QED) is 0.405. The van der Waals surface area contributed by atoms with Gasteiger partial charge in [0.1, 0.15) is 5.75 Å². The van der Waals surface area contributed by atoms with Crippen LogP contribution in [0.1, 0.15) is 86.7 Å². The summed E-state index contributed by atoms with van der Waals surface area (Å²) in [5.41, 5.74) is 2.30. The first-order chi connectivity index (χ1) is 22.9. The van der Waals surface area contributed by atoms with E-state index in [-0.39, 0.29) is 34.8 Å². The fourth-order valence-corrected chi connectivity index (χ4v) is 10.8. The lowest BCUT2D eigenvalue weighted by atomic mass is 9.62. The minimum Gasteiger partial charge on any atom is -0.490 e. The van der Waals surface area contributed by atoms with E-state index in [0.29, 0.717) is 64.2 Å². The van der Waals surface area contributed by atoms with Gasteiger partial charge in [-0.2, -0.15) is 0 Å². The average Bonchev–Trinajstić information content (AvgIpc) is 3.36. The Bertz CT molecular complexity index is 1660. The number of anilines is 1. The van der Waals surface area contributed by atoms with E-state index in [4.69, 9.17) is 16.3 Å². The lowest BCUT2D eigenvalue weighted by Gasteiger charge is -2.51. The van der Waals surface area contributed by atoms with Gasteiger partial charge in [0.2, 0.25) is 10.0 Å². The number of halogens is 1. The summed E-state index contributed by atoms with van der Waals surface area (Å²) in [6, 6.07) is 11.4. The van der Waals surface area contributed by atoms with Gasteiger partial charge in [0.25, 0.3) is 5.91 Å². The molecule has 7 rings (SSSR count). The molecule has 0 radical (unpaired) electrons. The molecule has 9 nitrogen and oxygen atoms in total. The predicted molar refractivity (Wildman–Crippen MR) is 187 cm³/mol. The van der Waals surface area contributed by atoms with Crippen molar-refractivity contribution in [3.63, 3.8) is 0 Å². The van der Waals surface area contributed by atoms with E-state index in [1.165, 1.54) is 11.1 Å². The molecule has 1 saturated heterocycles. The number of sulfonamides is 1. The fraction of sp³-hybridized carbons (Fsp3) is 0.649. The van der Waals surface area contributed by atoms with Gasteiger partial charge in [-0.05, 0) is 118 Å². The first-order valence-electron chi connectivity index (χ1n) is 17.9. The molecule has 5 aliphatic rings. The van der Waals surface area contributed by atoms with Gasteiger partial charge in [0.05, 0.1) is 29.2 Å². The van der Waals surface area contributed by atoms with Gasteiger partial charge in [0, 0.05) is 48.7 Å². The van der Waals surface area contributed by atoms with Crippen LogP contribution in [0.25, 0.3) is 0 Å². The summed E-state index contributed by atoms with van der Waals surface area (Å²) in [6.07, 6.45) is 7.03. The Morgan fingerprint density at radius 1 is 1.04 bits per heavy atom. The zero-order valence-corrected chi connectivity index (χ0v) is 29.7. The molecule has 1 saturated carbocycles. The summed E-state index contributed by atoms with van der Waals surface area (Å²) < 4.78 is 35.9. The zero-order chi connectivity index (χ0) is 33.8. The zero-order valence-electron chi connectivity index (χ0n) is 28.2. The Hall–Kier alpha value is -2.37. The Kier molecular flexibility index (Phi) is 9.28. The number of aliphatic hydroxyl groups excluding tert-OH is 1. The smallest absolute Gasteiger partial charge is 0.264 e. The molecule has 3 N–H and O–H groups in total. The molecule has 0 unspecified atom stereocenters. The second-order valence-electron chi connectivity index (χ2n) is 15.6. The molecule has 2 aliphatic carbocycles. The largest absolute Gasteiger partial charge is 0.490 e. The van der Waals surface area contributed by atoms with Crippen molar-refractivity contribution in [2.45, 2.75) is 94.0 Å². The fourth-order valence-electron chi connectivity index (χ4n) is 9.31. The number of carbonyl (C=O) groups excluding carboxylic acids is 1. The van der Waals surface area contributed by atoms with Crippen LogP contribution in [0, 0.1) is 17.8 Å². The lowest BCUT2D eigenvalue weighted by Crippen LogP contribution is -2.56. The number of fused-ring (bicyclic) bond motifs is 4. The van der Waals surface area contributed by atoms with Crippen LogP contribution in [-0.2, 0) is 21.9 Å². The minimum atomic E-state index is -3.95. The SMILES string of the molecule is C[C@@H]1[C@@H](C)CCC[C@@](O)(CN2CC[C@@H](O)C2)[C@@H]2CC[C@H]2CN2C[C@@]3(CCCc4cc(Cl)ccc43)COc3ccc(cc32)C(=O)NS1(=O)=O. The molecular formula is C37H50ClN3O6S. The number of ether oxygens (including phenoxy) is 1. The Labute approximate surface area is 290 Å². The summed E-state index contributed by atoms with van der Waals surface area (Å²) in [5.74, 6) is 0.114. The second-order valence-corrected chi connectivity index (χ2v) is 18.0. The molecule has 2 aromatic carbocycles. The molecule has 262 valence electrons. The number of nitrogens with one attached hydrogen (secondary N) is 1. The first-order valence-corrected chi connectivity index (χ1v) is 19.8. The minimum absolute atomic E-state index is 0.0621. The monoisotopic (exact) mass is 699 g/mol. The topological polar surface area (TPSA) is 119 Å². The number of rotatable bonds is 2. The van der Waals surface area contributed by atoms with Crippen LogP contribution in [0.3, 0.4) is 0 Å². The number of nitrogens with zero attached hydrogens (tertiary/aromatic N) is 2. The maximum absolute atomic E-state index is 13.5. The average molecular weight is 700 g/mol. The van der Waals surface area contributed by atoms with Gasteiger partial charge >= 0.3 is 0 Å². The third-order valence-electron chi connectivity index (χ3n) is 12.4. The molecule has 2 fully saturated rings. The summed E-state index contributed by atoms with van der Waals surface area (Å²) >= 11 is 6.45. The predicted octanol–water partition coefficient (Wildman–Crippen LogP) is 4.91. The maximum atomic E-state index is 13.5. The molecule has 0 aromatic heterocycles. The van der Waals surface area contributed by atoms with E-state index in [0.717, 1.165) is 49.4 Å². The van der Waals surface area contributed by atoms with E-state index in [1.54, 1.807) is 25.1 Å². The van der Waals surface area contributed by atoms with E-state index < -0.39 is 26.8 Å². The van der Waals surface area contributed by atoms with Gasteiger partial charge < -0.3 is 19.8 Å². The van der Waals surface area contributed by atoms with Gasteiger partial charge in [-0.1, -0.05) is 31.0 Å². The number of β-amino-alcohol motifs (C(OH)–C–C–N with tert-alkyl or cyclic N) is 2. The van der Waals surface area contributed by atoms with Crippen LogP contribution in [0.4, 0.5) is 5.69 Å². The third-order valence-corrected chi connectivity index (χ3v) is 14.6. The molecule has 7 atom stereocenters. The van der Waals surface area contributed by atoms with Crippen molar-refractivity contribution in [2.24, 2.45) is 17.8 Å². The molecule has 48 heavy (non-hydrogen) atoms. The van der Waals surface area contributed by atoms with Crippen molar-refractivity contribution in [3.05, 3.63) is 58.1 Å². The number of aliphatic hydroxyl groups is 2. The number of amides is 1. The Morgan fingerprint density at radius 2 is 1.88 bits per heavy atom. The number of likely N-dealkylation sites (tertiary alicyclic amines) is 1. The van der Waals surface area contributed by atoms with Crippen LogP contribution in [0.5, 0.6) is 5.75 Å². The third kappa shape index (κ3) is 6.48. The maximum Gasteiger partial charge on any atom is 0.264 e. The van der Waals surface area contributed by atoms with E-state index in [1.807, 2.05) is 13.0 Å². The van der Waals surface area contributed by atoms with Gasteiger partial charge in [0.15, 0.2) is 0 Å². The van der Waals surface area contributed by atoms with Crippen molar-refractivity contribution in [1.82, 2.24) is 9.62 Å². The molecule has 1 spiro atoms. The van der Waals surface area contributed by atoms with Crippen molar-refractivity contribution >= 4 is 33.2 Å². The van der Waals surface area contributed by atoms with Crippen molar-refractivity contribution in [2.75, 3.05) is 44.2 Å². The molecule has 3 heterocycles. The molecule has 2 aromatic rings.